The lowest BCUT2D eigenvalue weighted by molar-refractivity contribution is 0.0692. The number of allylic oxidation sites excluding steroid dienone is 1. The van der Waals surface area contributed by atoms with Crippen molar-refractivity contribution in [3.8, 4) is 5.75 Å². The fourth-order valence-corrected chi connectivity index (χ4v) is 1.34. The van der Waals surface area contributed by atoms with Gasteiger partial charge in [-0.3, -0.25) is 0 Å². The van der Waals surface area contributed by atoms with Gasteiger partial charge in [0.1, 0.15) is 11.3 Å². The molecule has 0 aliphatic rings. The summed E-state index contributed by atoms with van der Waals surface area (Å²) in [6, 6.07) is 6.68. The van der Waals surface area contributed by atoms with Crippen molar-refractivity contribution < 1.29 is 14.6 Å². The summed E-state index contributed by atoms with van der Waals surface area (Å²) in [5.74, 6) is -0.518. The monoisotopic (exact) mass is 220 g/mol. The van der Waals surface area contributed by atoms with E-state index >= 15 is 0 Å². The molecule has 1 aromatic carbocycles. The highest BCUT2D eigenvalue weighted by Gasteiger charge is 2.09. The molecule has 0 aliphatic heterocycles. The van der Waals surface area contributed by atoms with Crippen molar-refractivity contribution in [3.63, 3.8) is 0 Å². The van der Waals surface area contributed by atoms with E-state index in [9.17, 15) is 4.79 Å². The molecule has 86 valence electrons. The molecule has 0 heterocycles. The zero-order valence-corrected chi connectivity index (χ0v) is 9.19. The third-order valence-electron chi connectivity index (χ3n) is 2.18. The average Bonchev–Trinajstić information content (AvgIpc) is 2.29. The molecule has 3 heteroatoms. The number of unbranched alkanes of at least 4 members (excludes halogenated alkanes) is 2. The highest BCUT2D eigenvalue weighted by molar-refractivity contribution is 5.90. The van der Waals surface area contributed by atoms with Gasteiger partial charge in [0, 0.05) is 0 Å². The second-order valence-corrected chi connectivity index (χ2v) is 3.43. The van der Waals surface area contributed by atoms with E-state index in [2.05, 4.69) is 6.58 Å². The van der Waals surface area contributed by atoms with Gasteiger partial charge in [-0.15, -0.1) is 6.58 Å². The highest BCUT2D eigenvalue weighted by atomic mass is 16.5. The predicted octanol–water partition coefficient (Wildman–Crippen LogP) is 3.12. The second-order valence-electron chi connectivity index (χ2n) is 3.43. The molecule has 3 nitrogen and oxygen atoms in total. The molecule has 0 saturated carbocycles. The Bertz CT molecular complexity index is 358. The fourth-order valence-electron chi connectivity index (χ4n) is 1.34. The molecule has 0 fully saturated rings. The summed E-state index contributed by atoms with van der Waals surface area (Å²) in [7, 11) is 0. The van der Waals surface area contributed by atoms with Crippen molar-refractivity contribution in [1.82, 2.24) is 0 Å². The molecular weight excluding hydrogens is 204 g/mol. The number of rotatable bonds is 7. The van der Waals surface area contributed by atoms with Crippen molar-refractivity contribution in [2.75, 3.05) is 6.61 Å². The molecule has 0 aromatic heterocycles. The van der Waals surface area contributed by atoms with Crippen LogP contribution in [0.5, 0.6) is 5.75 Å². The van der Waals surface area contributed by atoms with Crippen LogP contribution in [0, 0.1) is 0 Å². The molecule has 1 rings (SSSR count). The SMILES string of the molecule is C=CCCCCOc1ccccc1C(=O)O. The van der Waals surface area contributed by atoms with Gasteiger partial charge in [-0.05, 0) is 31.4 Å². The Balaban J connectivity index is 2.47. The van der Waals surface area contributed by atoms with E-state index in [-0.39, 0.29) is 5.56 Å². The topological polar surface area (TPSA) is 46.5 Å². The number of aromatic carboxylic acids is 1. The quantitative estimate of drug-likeness (QED) is 0.567. The van der Waals surface area contributed by atoms with Crippen LogP contribution in [0.4, 0.5) is 0 Å². The number of hydrogen-bond acceptors (Lipinski definition) is 2. The van der Waals surface area contributed by atoms with Crippen LogP contribution in [0.1, 0.15) is 29.6 Å². The van der Waals surface area contributed by atoms with E-state index in [0.717, 1.165) is 19.3 Å². The van der Waals surface area contributed by atoms with Gasteiger partial charge in [0.2, 0.25) is 0 Å². The van der Waals surface area contributed by atoms with Gasteiger partial charge < -0.3 is 9.84 Å². The normalized spacial score (nSPS) is 9.75. The van der Waals surface area contributed by atoms with Gasteiger partial charge in [-0.1, -0.05) is 18.2 Å². The van der Waals surface area contributed by atoms with Crippen LogP contribution in [0.25, 0.3) is 0 Å². The largest absolute Gasteiger partial charge is 0.493 e. The summed E-state index contributed by atoms with van der Waals surface area (Å²) in [6.45, 7) is 4.18. The van der Waals surface area contributed by atoms with Crippen LogP contribution in [-0.4, -0.2) is 17.7 Å². The first-order valence-electron chi connectivity index (χ1n) is 5.31. The Morgan fingerprint density at radius 2 is 2.12 bits per heavy atom. The average molecular weight is 220 g/mol. The third-order valence-corrected chi connectivity index (χ3v) is 2.18. The van der Waals surface area contributed by atoms with E-state index in [1.54, 1.807) is 24.3 Å². The van der Waals surface area contributed by atoms with E-state index in [0.29, 0.717) is 12.4 Å². The van der Waals surface area contributed by atoms with Crippen molar-refractivity contribution in [1.29, 1.82) is 0 Å². The summed E-state index contributed by atoms with van der Waals surface area (Å²) < 4.78 is 5.43. The first kappa shape index (κ1) is 12.3. The molecule has 16 heavy (non-hydrogen) atoms. The number of benzene rings is 1. The first-order valence-corrected chi connectivity index (χ1v) is 5.31. The van der Waals surface area contributed by atoms with Gasteiger partial charge in [0.25, 0.3) is 0 Å². The summed E-state index contributed by atoms with van der Waals surface area (Å²) in [5.41, 5.74) is 0.214. The van der Waals surface area contributed by atoms with Crippen molar-refractivity contribution in [2.45, 2.75) is 19.3 Å². The minimum absolute atomic E-state index is 0.214. The fraction of sp³-hybridized carbons (Fsp3) is 0.308. The van der Waals surface area contributed by atoms with Gasteiger partial charge in [-0.2, -0.15) is 0 Å². The molecule has 0 amide bonds. The molecule has 1 aromatic rings. The number of carboxylic acids is 1. The zero-order chi connectivity index (χ0) is 11.8. The number of carbonyl (C=O) groups is 1. The number of carboxylic acid groups (broad SMARTS) is 1. The van der Waals surface area contributed by atoms with Crippen LogP contribution in [0.15, 0.2) is 36.9 Å². The van der Waals surface area contributed by atoms with Crippen LogP contribution in [0.3, 0.4) is 0 Å². The maximum absolute atomic E-state index is 10.9. The Hall–Kier alpha value is -1.77. The van der Waals surface area contributed by atoms with E-state index < -0.39 is 5.97 Å². The summed E-state index contributed by atoms with van der Waals surface area (Å²) in [6.07, 6.45) is 4.74. The van der Waals surface area contributed by atoms with Gasteiger partial charge in [0.15, 0.2) is 0 Å². The maximum atomic E-state index is 10.9. The molecule has 0 saturated heterocycles. The Labute approximate surface area is 95.4 Å². The Morgan fingerprint density at radius 3 is 2.81 bits per heavy atom. The predicted molar refractivity (Wildman–Crippen MR) is 62.9 cm³/mol. The number of ether oxygens (including phenoxy) is 1. The minimum Gasteiger partial charge on any atom is -0.493 e. The molecule has 0 atom stereocenters. The Morgan fingerprint density at radius 1 is 1.38 bits per heavy atom. The minimum atomic E-state index is -0.957. The third kappa shape index (κ3) is 3.77. The molecule has 0 spiro atoms. The van der Waals surface area contributed by atoms with E-state index in [4.69, 9.17) is 9.84 Å². The van der Waals surface area contributed by atoms with E-state index in [1.807, 2.05) is 6.08 Å². The summed E-state index contributed by atoms with van der Waals surface area (Å²) in [4.78, 5) is 10.9. The standard InChI is InChI=1S/C13H16O3/c1-2-3-4-7-10-16-12-9-6-5-8-11(12)13(14)15/h2,5-6,8-9H,1,3-4,7,10H2,(H,14,15). The van der Waals surface area contributed by atoms with Gasteiger partial charge in [-0.25, -0.2) is 4.79 Å². The Kier molecular flexibility index (Phi) is 5.12. The van der Waals surface area contributed by atoms with Crippen LogP contribution >= 0.6 is 0 Å². The molecule has 0 bridgehead atoms. The molecule has 0 radical (unpaired) electrons. The van der Waals surface area contributed by atoms with E-state index in [1.165, 1.54) is 0 Å². The lowest BCUT2D eigenvalue weighted by atomic mass is 10.2. The van der Waals surface area contributed by atoms with Gasteiger partial charge >= 0.3 is 5.97 Å². The maximum Gasteiger partial charge on any atom is 0.339 e. The molecule has 1 N–H and O–H groups in total. The summed E-state index contributed by atoms with van der Waals surface area (Å²) in [5, 5.41) is 8.91. The lowest BCUT2D eigenvalue weighted by Crippen LogP contribution is -2.04. The van der Waals surface area contributed by atoms with Crippen molar-refractivity contribution in [2.24, 2.45) is 0 Å². The van der Waals surface area contributed by atoms with Crippen LogP contribution in [-0.2, 0) is 0 Å². The van der Waals surface area contributed by atoms with Crippen LogP contribution in [0.2, 0.25) is 0 Å². The lowest BCUT2D eigenvalue weighted by Gasteiger charge is -2.08. The summed E-state index contributed by atoms with van der Waals surface area (Å²) >= 11 is 0. The number of para-hydroxylation sites is 1. The highest BCUT2D eigenvalue weighted by Crippen LogP contribution is 2.18. The molecular formula is C13H16O3. The van der Waals surface area contributed by atoms with Crippen LogP contribution < -0.4 is 4.74 Å². The van der Waals surface area contributed by atoms with Gasteiger partial charge in [0.05, 0.1) is 6.61 Å². The molecule has 0 unspecified atom stereocenters. The zero-order valence-electron chi connectivity index (χ0n) is 9.19. The number of hydrogen-bond donors (Lipinski definition) is 1. The van der Waals surface area contributed by atoms with Crippen molar-refractivity contribution in [3.05, 3.63) is 42.5 Å². The smallest absolute Gasteiger partial charge is 0.339 e. The van der Waals surface area contributed by atoms with Crippen molar-refractivity contribution >= 4 is 5.97 Å². The first-order chi connectivity index (χ1) is 7.75. The second kappa shape index (κ2) is 6.67. The molecule has 0 aliphatic carbocycles.